The van der Waals surface area contributed by atoms with Gasteiger partial charge in [0.05, 0.1) is 0 Å². The Balaban J connectivity index is 1.68. The Labute approximate surface area is 143 Å². The summed E-state index contributed by atoms with van der Waals surface area (Å²) in [5.74, 6) is -0.622. The summed E-state index contributed by atoms with van der Waals surface area (Å²) in [6.45, 7) is 0. The maximum Gasteiger partial charge on any atom is 0.276 e. The van der Waals surface area contributed by atoms with E-state index in [1.54, 1.807) is 24.3 Å². The summed E-state index contributed by atoms with van der Waals surface area (Å²) in [5, 5.41) is 8.73. The quantitative estimate of drug-likeness (QED) is 0.751. The van der Waals surface area contributed by atoms with Crippen LogP contribution < -0.4 is 16.0 Å². The number of anilines is 2. The molecule has 2 aromatic rings. The van der Waals surface area contributed by atoms with Crippen LogP contribution >= 0.6 is 11.6 Å². The van der Waals surface area contributed by atoms with Crippen molar-refractivity contribution in [2.24, 2.45) is 4.99 Å². The molecule has 2 amide bonds. The minimum atomic E-state index is -0.452. The third kappa shape index (κ3) is 3.99. The number of nitrogens with zero attached hydrogens (tertiary/aromatic N) is 1. The van der Waals surface area contributed by atoms with Crippen molar-refractivity contribution < 1.29 is 9.59 Å². The van der Waals surface area contributed by atoms with Crippen LogP contribution in [0.5, 0.6) is 0 Å². The molecule has 24 heavy (non-hydrogen) atoms. The molecular formula is C17H13ClN4O2. The highest BCUT2D eigenvalue weighted by Gasteiger charge is 2.21. The van der Waals surface area contributed by atoms with Crippen LogP contribution in [-0.2, 0) is 9.59 Å². The second-order valence-corrected chi connectivity index (χ2v) is 5.37. The summed E-state index contributed by atoms with van der Waals surface area (Å²) in [5.41, 5.74) is 1.38. The van der Waals surface area contributed by atoms with Gasteiger partial charge < -0.3 is 10.6 Å². The molecule has 0 saturated carbocycles. The molecule has 1 aliphatic heterocycles. The van der Waals surface area contributed by atoms with Gasteiger partial charge in [-0.05, 0) is 36.4 Å². The van der Waals surface area contributed by atoms with Gasteiger partial charge in [0.2, 0.25) is 5.96 Å². The van der Waals surface area contributed by atoms with Crippen molar-refractivity contribution in [3.8, 4) is 0 Å². The normalized spacial score (nSPS) is 15.0. The standard InChI is InChI=1S/C17H13ClN4O2/c18-11-6-8-13(9-7-11)19-15(23)10-14-16(24)22-17(21-14)20-12-4-2-1-3-5-12/h1-10H,(H,19,23)(H2,20,21,22,24)/b14-10-. The molecule has 0 bridgehead atoms. The zero-order valence-electron chi connectivity index (χ0n) is 12.4. The second kappa shape index (κ2) is 6.97. The molecule has 3 rings (SSSR count). The smallest absolute Gasteiger partial charge is 0.276 e. The first-order valence-corrected chi connectivity index (χ1v) is 7.48. The van der Waals surface area contributed by atoms with Crippen molar-refractivity contribution in [2.45, 2.75) is 0 Å². The zero-order valence-corrected chi connectivity index (χ0v) is 13.2. The third-order valence-corrected chi connectivity index (χ3v) is 3.36. The number of para-hydroxylation sites is 1. The molecule has 0 aliphatic carbocycles. The summed E-state index contributed by atoms with van der Waals surface area (Å²) >= 11 is 5.79. The fraction of sp³-hybridized carbons (Fsp3) is 0. The molecule has 0 spiro atoms. The van der Waals surface area contributed by atoms with Gasteiger partial charge in [-0.1, -0.05) is 29.8 Å². The Bertz CT molecular complexity index is 829. The highest BCUT2D eigenvalue weighted by atomic mass is 35.5. The van der Waals surface area contributed by atoms with Crippen molar-refractivity contribution in [1.29, 1.82) is 0 Å². The minimum absolute atomic E-state index is 0.0277. The molecule has 120 valence electrons. The Kier molecular flexibility index (Phi) is 4.58. The van der Waals surface area contributed by atoms with E-state index in [-0.39, 0.29) is 11.7 Å². The average Bonchev–Trinajstić information content (AvgIpc) is 2.90. The van der Waals surface area contributed by atoms with E-state index in [0.717, 1.165) is 11.8 Å². The average molecular weight is 341 g/mol. The number of hydrogen-bond donors (Lipinski definition) is 3. The van der Waals surface area contributed by atoms with Crippen LogP contribution in [0.1, 0.15) is 0 Å². The van der Waals surface area contributed by atoms with E-state index in [4.69, 9.17) is 11.6 Å². The minimum Gasteiger partial charge on any atom is -0.326 e. The van der Waals surface area contributed by atoms with Gasteiger partial charge in [0, 0.05) is 22.5 Å². The first-order valence-electron chi connectivity index (χ1n) is 7.10. The van der Waals surface area contributed by atoms with Gasteiger partial charge in [-0.2, -0.15) is 0 Å². The number of carbonyl (C=O) groups is 2. The summed E-state index contributed by atoms with van der Waals surface area (Å²) in [6.07, 6.45) is 1.14. The van der Waals surface area contributed by atoms with Crippen LogP contribution in [0, 0.1) is 0 Å². The lowest BCUT2D eigenvalue weighted by Gasteiger charge is -2.03. The van der Waals surface area contributed by atoms with Crippen LogP contribution in [0.4, 0.5) is 11.4 Å². The molecule has 0 unspecified atom stereocenters. The third-order valence-electron chi connectivity index (χ3n) is 3.11. The molecule has 1 aliphatic rings. The van der Waals surface area contributed by atoms with E-state index in [9.17, 15) is 9.59 Å². The SMILES string of the molecule is O=C(/C=C1\N=C(Nc2ccccc2)NC1=O)Nc1ccc(Cl)cc1. The summed E-state index contributed by atoms with van der Waals surface area (Å²) in [6, 6.07) is 15.9. The summed E-state index contributed by atoms with van der Waals surface area (Å²) in [7, 11) is 0. The maximum absolute atomic E-state index is 12.0. The van der Waals surface area contributed by atoms with Crippen molar-refractivity contribution in [1.82, 2.24) is 5.32 Å². The molecule has 0 fully saturated rings. The van der Waals surface area contributed by atoms with Crippen molar-refractivity contribution in [3.05, 3.63) is 71.4 Å². The number of carbonyl (C=O) groups excluding carboxylic acids is 2. The molecule has 1 heterocycles. The molecule has 6 nitrogen and oxygen atoms in total. The summed E-state index contributed by atoms with van der Waals surface area (Å²) < 4.78 is 0. The first-order chi connectivity index (χ1) is 11.6. The van der Waals surface area contributed by atoms with Crippen LogP contribution in [0.25, 0.3) is 0 Å². The first kappa shape index (κ1) is 15.8. The predicted octanol–water partition coefficient (Wildman–Crippen LogP) is 2.76. The van der Waals surface area contributed by atoms with E-state index in [1.807, 2.05) is 30.3 Å². The number of guanidine groups is 1. The molecule has 7 heteroatoms. The Morgan fingerprint density at radius 3 is 2.46 bits per heavy atom. The van der Waals surface area contributed by atoms with Gasteiger partial charge in [0.15, 0.2) is 0 Å². The van der Waals surface area contributed by atoms with Crippen molar-refractivity contribution in [3.63, 3.8) is 0 Å². The largest absolute Gasteiger partial charge is 0.326 e. The molecule has 0 saturated heterocycles. The number of rotatable bonds is 3. The molecule has 2 aromatic carbocycles. The fourth-order valence-electron chi connectivity index (χ4n) is 2.02. The topological polar surface area (TPSA) is 82.6 Å². The molecule has 0 atom stereocenters. The number of nitrogens with one attached hydrogen (secondary N) is 3. The number of aliphatic imine (C=N–C) groups is 1. The molecular weight excluding hydrogens is 328 g/mol. The Morgan fingerprint density at radius 1 is 1.04 bits per heavy atom. The zero-order chi connectivity index (χ0) is 16.9. The Morgan fingerprint density at radius 2 is 1.75 bits per heavy atom. The molecule has 3 N–H and O–H groups in total. The Hall–Kier alpha value is -3.12. The van der Waals surface area contributed by atoms with Gasteiger partial charge in [-0.3, -0.25) is 14.9 Å². The predicted molar refractivity (Wildman–Crippen MR) is 93.8 cm³/mol. The lowest BCUT2D eigenvalue weighted by atomic mass is 10.3. The molecule has 0 radical (unpaired) electrons. The van der Waals surface area contributed by atoms with Gasteiger partial charge in [-0.25, -0.2) is 4.99 Å². The number of benzene rings is 2. The maximum atomic E-state index is 12.0. The summed E-state index contributed by atoms with van der Waals surface area (Å²) in [4.78, 5) is 27.9. The van der Waals surface area contributed by atoms with E-state index in [2.05, 4.69) is 20.9 Å². The second-order valence-electron chi connectivity index (χ2n) is 4.93. The van der Waals surface area contributed by atoms with Gasteiger partial charge in [-0.15, -0.1) is 0 Å². The van der Waals surface area contributed by atoms with Gasteiger partial charge >= 0.3 is 0 Å². The van der Waals surface area contributed by atoms with E-state index >= 15 is 0 Å². The fourth-order valence-corrected chi connectivity index (χ4v) is 2.15. The van der Waals surface area contributed by atoms with E-state index in [1.165, 1.54) is 0 Å². The number of amides is 2. The van der Waals surface area contributed by atoms with Crippen LogP contribution in [0.3, 0.4) is 0 Å². The van der Waals surface area contributed by atoms with Crippen LogP contribution in [0.15, 0.2) is 71.4 Å². The van der Waals surface area contributed by atoms with Gasteiger partial charge in [0.1, 0.15) is 5.70 Å². The van der Waals surface area contributed by atoms with Crippen molar-refractivity contribution in [2.75, 3.05) is 10.6 Å². The monoisotopic (exact) mass is 340 g/mol. The highest BCUT2D eigenvalue weighted by Crippen LogP contribution is 2.14. The van der Waals surface area contributed by atoms with Crippen LogP contribution in [0.2, 0.25) is 5.02 Å². The highest BCUT2D eigenvalue weighted by molar-refractivity contribution is 6.30. The lowest BCUT2D eigenvalue weighted by molar-refractivity contribution is -0.116. The van der Waals surface area contributed by atoms with E-state index in [0.29, 0.717) is 10.7 Å². The lowest BCUT2D eigenvalue weighted by Crippen LogP contribution is -2.30. The number of halogens is 1. The molecule has 0 aromatic heterocycles. The van der Waals surface area contributed by atoms with Gasteiger partial charge in [0.25, 0.3) is 11.8 Å². The van der Waals surface area contributed by atoms with Crippen LogP contribution in [-0.4, -0.2) is 17.8 Å². The number of hydrogen-bond acceptors (Lipinski definition) is 4. The van der Waals surface area contributed by atoms with E-state index < -0.39 is 11.8 Å². The van der Waals surface area contributed by atoms with Crippen molar-refractivity contribution >= 4 is 40.7 Å².